The normalized spacial score (nSPS) is 10.4. The number of carbonyl (C=O) groups excluding carboxylic acids is 1. The number of carbonyl (C=O) groups is 1. The molecule has 0 atom stereocenters. The Hall–Kier alpha value is -2.53. The summed E-state index contributed by atoms with van der Waals surface area (Å²) in [5.74, 6) is 0.834. The molecule has 0 radical (unpaired) electrons. The number of furan rings is 1. The van der Waals surface area contributed by atoms with Gasteiger partial charge in [-0.2, -0.15) is 0 Å². The van der Waals surface area contributed by atoms with E-state index in [1.54, 1.807) is 24.2 Å². The zero-order valence-corrected chi connectivity index (χ0v) is 13.3. The summed E-state index contributed by atoms with van der Waals surface area (Å²) in [7, 11) is 0. The summed E-state index contributed by atoms with van der Waals surface area (Å²) >= 11 is 1.67. The van der Waals surface area contributed by atoms with E-state index < -0.39 is 0 Å². The SMILES string of the molecule is O=C(NCc1ccccn1)c1occc1CSc1ccccc1. The number of rotatable bonds is 6. The second kappa shape index (κ2) is 7.65. The molecule has 1 aromatic carbocycles. The molecule has 2 heterocycles. The van der Waals surface area contributed by atoms with Gasteiger partial charge in [0.2, 0.25) is 0 Å². The Morgan fingerprint density at radius 1 is 1.09 bits per heavy atom. The van der Waals surface area contributed by atoms with Crippen LogP contribution in [0.1, 0.15) is 21.8 Å². The van der Waals surface area contributed by atoms with Gasteiger partial charge in [-0.25, -0.2) is 0 Å². The smallest absolute Gasteiger partial charge is 0.287 e. The molecular formula is C18H16N2O2S. The Morgan fingerprint density at radius 2 is 1.91 bits per heavy atom. The number of thioether (sulfide) groups is 1. The number of nitrogens with one attached hydrogen (secondary N) is 1. The average Bonchev–Trinajstić information content (AvgIpc) is 3.08. The first-order valence-electron chi connectivity index (χ1n) is 7.25. The van der Waals surface area contributed by atoms with Gasteiger partial charge in [-0.1, -0.05) is 24.3 Å². The monoisotopic (exact) mass is 324 g/mol. The van der Waals surface area contributed by atoms with Gasteiger partial charge in [0.1, 0.15) is 0 Å². The first kappa shape index (κ1) is 15.4. The molecule has 0 saturated carbocycles. The van der Waals surface area contributed by atoms with Gasteiger partial charge in [0.15, 0.2) is 5.76 Å². The molecule has 1 amide bonds. The van der Waals surface area contributed by atoms with E-state index in [0.717, 1.165) is 16.2 Å². The van der Waals surface area contributed by atoms with Crippen LogP contribution in [0.25, 0.3) is 0 Å². The van der Waals surface area contributed by atoms with E-state index in [2.05, 4.69) is 10.3 Å². The highest BCUT2D eigenvalue weighted by Crippen LogP contribution is 2.24. The number of hydrogen-bond acceptors (Lipinski definition) is 4. The van der Waals surface area contributed by atoms with Crippen molar-refractivity contribution < 1.29 is 9.21 Å². The highest BCUT2D eigenvalue weighted by atomic mass is 32.2. The number of benzene rings is 1. The first-order valence-corrected chi connectivity index (χ1v) is 8.24. The molecule has 4 nitrogen and oxygen atoms in total. The van der Waals surface area contributed by atoms with Crippen molar-refractivity contribution in [2.24, 2.45) is 0 Å². The zero-order valence-electron chi connectivity index (χ0n) is 12.4. The number of hydrogen-bond donors (Lipinski definition) is 1. The highest BCUT2D eigenvalue weighted by molar-refractivity contribution is 7.98. The van der Waals surface area contributed by atoms with Gasteiger partial charge in [-0.3, -0.25) is 9.78 Å². The predicted octanol–water partition coefficient (Wildman–Crippen LogP) is 3.90. The van der Waals surface area contributed by atoms with Gasteiger partial charge in [0.25, 0.3) is 5.91 Å². The molecule has 0 aliphatic rings. The lowest BCUT2D eigenvalue weighted by atomic mass is 10.2. The second-order valence-corrected chi connectivity index (χ2v) is 5.93. The van der Waals surface area contributed by atoms with Crippen LogP contribution < -0.4 is 5.32 Å². The van der Waals surface area contributed by atoms with Crippen molar-refractivity contribution in [2.75, 3.05) is 0 Å². The minimum absolute atomic E-state index is 0.218. The van der Waals surface area contributed by atoms with E-state index in [1.807, 2.05) is 54.6 Å². The highest BCUT2D eigenvalue weighted by Gasteiger charge is 2.15. The summed E-state index contributed by atoms with van der Waals surface area (Å²) in [4.78, 5) is 17.6. The largest absolute Gasteiger partial charge is 0.459 e. The van der Waals surface area contributed by atoms with Crippen molar-refractivity contribution in [3.63, 3.8) is 0 Å². The third kappa shape index (κ3) is 4.23. The van der Waals surface area contributed by atoms with Crippen LogP contribution in [0.15, 0.2) is 76.4 Å². The maximum absolute atomic E-state index is 12.3. The van der Waals surface area contributed by atoms with Gasteiger partial charge in [0.05, 0.1) is 18.5 Å². The fourth-order valence-corrected chi connectivity index (χ4v) is 2.98. The lowest BCUT2D eigenvalue weighted by Gasteiger charge is -2.05. The molecule has 0 aliphatic carbocycles. The first-order chi connectivity index (χ1) is 11.3. The Labute approximate surface area is 138 Å². The molecule has 0 unspecified atom stereocenters. The van der Waals surface area contributed by atoms with Crippen LogP contribution in [0.2, 0.25) is 0 Å². The van der Waals surface area contributed by atoms with Crippen LogP contribution in [-0.4, -0.2) is 10.9 Å². The molecule has 0 aliphatic heterocycles. The fraction of sp³-hybridized carbons (Fsp3) is 0.111. The molecule has 0 bridgehead atoms. The number of aromatic nitrogens is 1. The van der Waals surface area contributed by atoms with Gasteiger partial charge in [-0.05, 0) is 30.3 Å². The molecule has 0 saturated heterocycles. The van der Waals surface area contributed by atoms with Crippen molar-refractivity contribution in [3.05, 3.63) is 84.1 Å². The summed E-state index contributed by atoms with van der Waals surface area (Å²) in [5, 5.41) is 2.84. The Balaban J connectivity index is 1.60. The maximum Gasteiger partial charge on any atom is 0.287 e. The number of pyridine rings is 1. The minimum atomic E-state index is -0.218. The van der Waals surface area contributed by atoms with E-state index in [4.69, 9.17) is 4.42 Å². The second-order valence-electron chi connectivity index (χ2n) is 4.88. The third-order valence-corrected chi connectivity index (χ3v) is 4.31. The topological polar surface area (TPSA) is 55.1 Å². The Morgan fingerprint density at radius 3 is 2.70 bits per heavy atom. The predicted molar refractivity (Wildman–Crippen MR) is 90.1 cm³/mol. The van der Waals surface area contributed by atoms with Crippen LogP contribution >= 0.6 is 11.8 Å². The van der Waals surface area contributed by atoms with Gasteiger partial charge in [-0.15, -0.1) is 11.8 Å². The van der Waals surface area contributed by atoms with Crippen LogP contribution in [0.4, 0.5) is 0 Å². The third-order valence-electron chi connectivity index (χ3n) is 3.25. The van der Waals surface area contributed by atoms with E-state index in [1.165, 1.54) is 0 Å². The average molecular weight is 324 g/mol. The molecule has 5 heteroatoms. The van der Waals surface area contributed by atoms with Crippen LogP contribution in [-0.2, 0) is 12.3 Å². The van der Waals surface area contributed by atoms with Crippen molar-refractivity contribution in [1.29, 1.82) is 0 Å². The van der Waals surface area contributed by atoms with Crippen molar-refractivity contribution >= 4 is 17.7 Å². The van der Waals surface area contributed by atoms with Crippen LogP contribution in [0, 0.1) is 0 Å². The molecule has 0 spiro atoms. The Kier molecular flexibility index (Phi) is 5.11. The molecule has 2 aromatic heterocycles. The van der Waals surface area contributed by atoms with E-state index in [0.29, 0.717) is 18.1 Å². The molecule has 0 fully saturated rings. The van der Waals surface area contributed by atoms with Crippen LogP contribution in [0.5, 0.6) is 0 Å². The van der Waals surface area contributed by atoms with Crippen LogP contribution in [0.3, 0.4) is 0 Å². The van der Waals surface area contributed by atoms with E-state index in [9.17, 15) is 4.79 Å². The molecular weight excluding hydrogens is 308 g/mol. The zero-order chi connectivity index (χ0) is 15.9. The van der Waals surface area contributed by atoms with Gasteiger partial charge in [0, 0.05) is 22.4 Å². The summed E-state index contributed by atoms with van der Waals surface area (Å²) in [6.07, 6.45) is 3.26. The standard InChI is InChI=1S/C18H16N2O2S/c21-18(20-12-15-6-4-5-10-19-15)17-14(9-11-22-17)13-23-16-7-2-1-3-8-16/h1-11H,12-13H2,(H,20,21). The minimum Gasteiger partial charge on any atom is -0.459 e. The summed E-state index contributed by atoms with van der Waals surface area (Å²) < 4.78 is 5.36. The summed E-state index contributed by atoms with van der Waals surface area (Å²) in [6.45, 7) is 0.381. The lowest BCUT2D eigenvalue weighted by Crippen LogP contribution is -2.23. The Bertz CT molecular complexity index is 757. The van der Waals surface area contributed by atoms with Gasteiger partial charge < -0.3 is 9.73 Å². The lowest BCUT2D eigenvalue weighted by molar-refractivity contribution is 0.0921. The van der Waals surface area contributed by atoms with E-state index >= 15 is 0 Å². The van der Waals surface area contributed by atoms with Crippen molar-refractivity contribution in [1.82, 2.24) is 10.3 Å². The number of amides is 1. The maximum atomic E-state index is 12.3. The fourth-order valence-electron chi connectivity index (χ4n) is 2.08. The van der Waals surface area contributed by atoms with Crippen molar-refractivity contribution in [3.8, 4) is 0 Å². The van der Waals surface area contributed by atoms with Gasteiger partial charge >= 0.3 is 0 Å². The van der Waals surface area contributed by atoms with Crippen molar-refractivity contribution in [2.45, 2.75) is 17.2 Å². The molecule has 116 valence electrons. The molecule has 3 aromatic rings. The summed E-state index contributed by atoms with van der Waals surface area (Å²) in [6, 6.07) is 17.5. The summed E-state index contributed by atoms with van der Waals surface area (Å²) in [5.41, 5.74) is 1.70. The molecule has 23 heavy (non-hydrogen) atoms. The molecule has 1 N–H and O–H groups in total. The van der Waals surface area contributed by atoms with E-state index in [-0.39, 0.29) is 5.91 Å². The number of nitrogens with zero attached hydrogens (tertiary/aromatic N) is 1. The quantitative estimate of drug-likeness (QED) is 0.699. The molecule has 3 rings (SSSR count).